The molecule has 0 aliphatic rings. The second-order valence-corrected chi connectivity index (χ2v) is 8.29. The SMILES string of the molecule is COc1cc(OC)c(NC(=O)Cn2c(SCc3ccccc3F)nc3cccnc32)cc1Cl. The fourth-order valence-electron chi connectivity index (χ4n) is 3.24. The van der Waals surface area contributed by atoms with Crippen molar-refractivity contribution in [1.29, 1.82) is 0 Å². The number of anilines is 1. The van der Waals surface area contributed by atoms with E-state index in [0.29, 0.717) is 49.8 Å². The van der Waals surface area contributed by atoms with E-state index < -0.39 is 0 Å². The number of nitrogens with one attached hydrogen (secondary N) is 1. The predicted molar refractivity (Wildman–Crippen MR) is 127 cm³/mol. The molecule has 1 N–H and O–H groups in total. The number of carbonyl (C=O) groups excluding carboxylic acids is 1. The first-order valence-corrected chi connectivity index (χ1v) is 11.3. The van der Waals surface area contributed by atoms with E-state index in [1.165, 1.54) is 32.0 Å². The number of imidazole rings is 1. The molecule has 0 fully saturated rings. The van der Waals surface area contributed by atoms with Crippen molar-refractivity contribution >= 4 is 46.1 Å². The Labute approximate surface area is 198 Å². The number of carbonyl (C=O) groups is 1. The predicted octanol–water partition coefficient (Wildman–Crippen LogP) is 5.17. The van der Waals surface area contributed by atoms with Crippen LogP contribution in [0.25, 0.3) is 11.2 Å². The highest BCUT2D eigenvalue weighted by atomic mass is 35.5. The van der Waals surface area contributed by atoms with Crippen molar-refractivity contribution < 1.29 is 18.7 Å². The average Bonchev–Trinajstić information content (AvgIpc) is 3.16. The Bertz CT molecular complexity index is 1310. The molecule has 7 nitrogen and oxygen atoms in total. The first kappa shape index (κ1) is 22.9. The monoisotopic (exact) mass is 486 g/mol. The number of amides is 1. The van der Waals surface area contributed by atoms with Crippen LogP contribution in [-0.4, -0.2) is 34.7 Å². The van der Waals surface area contributed by atoms with Gasteiger partial charge in [-0.2, -0.15) is 0 Å². The lowest BCUT2D eigenvalue weighted by Crippen LogP contribution is -2.20. The summed E-state index contributed by atoms with van der Waals surface area (Å²) in [6.07, 6.45) is 1.63. The minimum atomic E-state index is -0.327. The third-order valence-corrected chi connectivity index (χ3v) is 6.15. The molecule has 0 aliphatic heterocycles. The number of halogens is 2. The highest BCUT2D eigenvalue weighted by Gasteiger charge is 2.18. The van der Waals surface area contributed by atoms with Gasteiger partial charge in [-0.25, -0.2) is 14.4 Å². The number of hydrogen-bond acceptors (Lipinski definition) is 6. The smallest absolute Gasteiger partial charge is 0.244 e. The van der Waals surface area contributed by atoms with Crippen molar-refractivity contribution in [2.24, 2.45) is 0 Å². The summed E-state index contributed by atoms with van der Waals surface area (Å²) in [6, 6.07) is 13.3. The van der Waals surface area contributed by atoms with E-state index in [0.717, 1.165) is 0 Å². The number of thioether (sulfide) groups is 1. The Morgan fingerprint density at radius 3 is 2.70 bits per heavy atom. The number of methoxy groups -OCH3 is 2. The van der Waals surface area contributed by atoms with Crippen molar-refractivity contribution in [2.45, 2.75) is 17.5 Å². The van der Waals surface area contributed by atoms with Crippen molar-refractivity contribution in [3.63, 3.8) is 0 Å². The van der Waals surface area contributed by atoms with Crippen molar-refractivity contribution in [3.8, 4) is 11.5 Å². The minimum absolute atomic E-state index is 0.0556. The fraction of sp³-hybridized carbons (Fsp3) is 0.174. The van der Waals surface area contributed by atoms with Gasteiger partial charge < -0.3 is 14.8 Å². The third kappa shape index (κ3) is 5.04. The molecule has 0 unspecified atom stereocenters. The molecule has 0 saturated heterocycles. The van der Waals surface area contributed by atoms with Crippen LogP contribution in [0.4, 0.5) is 10.1 Å². The van der Waals surface area contributed by atoms with Crippen LogP contribution < -0.4 is 14.8 Å². The first-order valence-electron chi connectivity index (χ1n) is 9.89. The number of benzene rings is 2. The van der Waals surface area contributed by atoms with Crippen LogP contribution in [0, 0.1) is 5.82 Å². The number of nitrogens with zero attached hydrogens (tertiary/aromatic N) is 3. The van der Waals surface area contributed by atoms with Crippen molar-refractivity contribution in [2.75, 3.05) is 19.5 Å². The van der Waals surface area contributed by atoms with Crippen LogP contribution in [0.15, 0.2) is 59.9 Å². The molecule has 4 aromatic rings. The molecule has 4 rings (SSSR count). The van der Waals surface area contributed by atoms with Gasteiger partial charge in [0.2, 0.25) is 5.91 Å². The van der Waals surface area contributed by atoms with Gasteiger partial charge in [0, 0.05) is 18.0 Å². The van der Waals surface area contributed by atoms with Gasteiger partial charge in [-0.3, -0.25) is 9.36 Å². The van der Waals surface area contributed by atoms with Crippen LogP contribution in [0.1, 0.15) is 5.56 Å². The zero-order chi connectivity index (χ0) is 23.4. The van der Waals surface area contributed by atoms with E-state index in [1.54, 1.807) is 47.2 Å². The molecule has 0 saturated carbocycles. The van der Waals surface area contributed by atoms with Crippen LogP contribution in [0.2, 0.25) is 5.02 Å². The van der Waals surface area contributed by atoms with Crippen LogP contribution >= 0.6 is 23.4 Å². The standard InChI is InChI=1S/C23H20ClFN4O3S/c1-31-19-11-20(32-2)18(10-15(19)24)27-21(30)12-29-22-17(8-5-9-26-22)28-23(29)33-13-14-6-3-4-7-16(14)25/h3-11H,12-13H2,1-2H3,(H,27,30). The lowest BCUT2D eigenvalue weighted by molar-refractivity contribution is -0.116. The Hall–Kier alpha value is -3.30. The number of pyridine rings is 1. The Balaban J connectivity index is 1.59. The molecule has 170 valence electrons. The molecular formula is C23H20ClFN4O3S. The fourth-order valence-corrected chi connectivity index (χ4v) is 4.47. The van der Waals surface area contributed by atoms with Gasteiger partial charge in [-0.1, -0.05) is 41.6 Å². The molecule has 2 aromatic carbocycles. The van der Waals surface area contributed by atoms with E-state index in [9.17, 15) is 9.18 Å². The Morgan fingerprint density at radius 1 is 1.15 bits per heavy atom. The summed E-state index contributed by atoms with van der Waals surface area (Å²) in [5.74, 6) is 0.592. The van der Waals surface area contributed by atoms with Gasteiger partial charge in [0.25, 0.3) is 0 Å². The highest BCUT2D eigenvalue weighted by molar-refractivity contribution is 7.98. The van der Waals surface area contributed by atoms with Gasteiger partial charge in [0.1, 0.15) is 29.4 Å². The summed E-state index contributed by atoms with van der Waals surface area (Å²) in [5, 5.41) is 3.71. The topological polar surface area (TPSA) is 78.3 Å². The molecule has 0 spiro atoms. The van der Waals surface area contributed by atoms with Gasteiger partial charge in [0.15, 0.2) is 10.8 Å². The summed E-state index contributed by atoms with van der Waals surface area (Å²) in [7, 11) is 2.99. The average molecular weight is 487 g/mol. The van der Waals surface area contributed by atoms with E-state index in [1.807, 2.05) is 6.07 Å². The van der Waals surface area contributed by atoms with Crippen LogP contribution in [-0.2, 0) is 17.1 Å². The molecular weight excluding hydrogens is 467 g/mol. The van der Waals surface area contributed by atoms with E-state index in [4.69, 9.17) is 21.1 Å². The van der Waals surface area contributed by atoms with Crippen LogP contribution in [0.3, 0.4) is 0 Å². The molecule has 0 atom stereocenters. The summed E-state index contributed by atoms with van der Waals surface area (Å²) in [5.41, 5.74) is 2.16. The molecule has 1 amide bonds. The molecule has 2 heterocycles. The Kier molecular flexibility index (Phi) is 7.00. The molecule has 0 bridgehead atoms. The van der Waals surface area contributed by atoms with Crippen molar-refractivity contribution in [3.05, 3.63) is 71.1 Å². The molecule has 10 heteroatoms. The maximum absolute atomic E-state index is 14.1. The third-order valence-electron chi connectivity index (χ3n) is 4.83. The Morgan fingerprint density at radius 2 is 1.94 bits per heavy atom. The number of ether oxygens (including phenoxy) is 2. The van der Waals surface area contributed by atoms with Gasteiger partial charge >= 0.3 is 0 Å². The minimum Gasteiger partial charge on any atom is -0.495 e. The lowest BCUT2D eigenvalue weighted by Gasteiger charge is -2.14. The summed E-state index contributed by atoms with van der Waals surface area (Å²) >= 11 is 7.54. The maximum atomic E-state index is 14.1. The lowest BCUT2D eigenvalue weighted by atomic mass is 10.2. The first-order chi connectivity index (χ1) is 16.0. The molecule has 0 aliphatic carbocycles. The van der Waals surface area contributed by atoms with E-state index in [-0.39, 0.29) is 18.3 Å². The number of hydrogen-bond donors (Lipinski definition) is 1. The summed E-state index contributed by atoms with van der Waals surface area (Å²) in [6.45, 7) is -0.0556. The maximum Gasteiger partial charge on any atom is 0.244 e. The van der Waals surface area contributed by atoms with E-state index >= 15 is 0 Å². The number of rotatable bonds is 8. The van der Waals surface area contributed by atoms with Crippen LogP contribution in [0.5, 0.6) is 11.5 Å². The largest absolute Gasteiger partial charge is 0.495 e. The summed E-state index contributed by atoms with van der Waals surface area (Å²) in [4.78, 5) is 21.9. The zero-order valence-corrected chi connectivity index (χ0v) is 19.4. The van der Waals surface area contributed by atoms with Crippen molar-refractivity contribution in [1.82, 2.24) is 14.5 Å². The van der Waals surface area contributed by atoms with E-state index in [2.05, 4.69) is 15.3 Å². The molecule has 33 heavy (non-hydrogen) atoms. The quantitative estimate of drug-likeness (QED) is 0.346. The second-order valence-electron chi connectivity index (χ2n) is 6.94. The molecule has 0 radical (unpaired) electrons. The highest BCUT2D eigenvalue weighted by Crippen LogP contribution is 2.36. The zero-order valence-electron chi connectivity index (χ0n) is 17.8. The normalized spacial score (nSPS) is 10.9. The van der Waals surface area contributed by atoms with Gasteiger partial charge in [-0.15, -0.1) is 0 Å². The van der Waals surface area contributed by atoms with Gasteiger partial charge in [0.05, 0.1) is 24.9 Å². The number of fused-ring (bicyclic) bond motifs is 1. The second kappa shape index (κ2) is 10.1. The van der Waals surface area contributed by atoms with Gasteiger partial charge in [-0.05, 0) is 29.8 Å². The summed E-state index contributed by atoms with van der Waals surface area (Å²) < 4.78 is 26.3. The molecule has 2 aromatic heterocycles. The number of aromatic nitrogens is 3.